The zero-order valence-electron chi connectivity index (χ0n) is 13.6. The minimum Gasteiger partial charge on any atom is -0.371 e. The van der Waals surface area contributed by atoms with Crippen molar-refractivity contribution in [1.29, 1.82) is 0 Å². The standard InChI is InChI=1S/C19H23N3O/c1-14(18(20)15-8-4-3-5-9-15)19(23)22-13-12-21(2)16-10-6-7-11-17(16)22/h3-11,14,18H,12-13,20H2,1-2H3. The number of carbonyl (C=O) groups is 1. The SMILES string of the molecule is CC(C(=O)N1CCN(C)c2ccccc21)C(N)c1ccccc1. The van der Waals surface area contributed by atoms with Gasteiger partial charge in [0.2, 0.25) is 5.91 Å². The molecular weight excluding hydrogens is 286 g/mol. The Hall–Kier alpha value is -2.33. The summed E-state index contributed by atoms with van der Waals surface area (Å²) in [6.45, 7) is 3.44. The molecule has 4 heteroatoms. The van der Waals surface area contributed by atoms with E-state index in [9.17, 15) is 4.79 Å². The molecule has 0 radical (unpaired) electrons. The second-order valence-corrected chi connectivity index (χ2v) is 6.13. The number of benzene rings is 2. The Labute approximate surface area is 137 Å². The molecule has 3 rings (SSSR count). The number of hydrogen-bond donors (Lipinski definition) is 1. The van der Waals surface area contributed by atoms with E-state index < -0.39 is 0 Å². The average Bonchev–Trinajstić information content (AvgIpc) is 2.61. The molecule has 2 aromatic carbocycles. The number of fused-ring (bicyclic) bond motifs is 1. The molecule has 0 spiro atoms. The lowest BCUT2D eigenvalue weighted by Crippen LogP contribution is -2.46. The van der Waals surface area contributed by atoms with E-state index in [4.69, 9.17) is 5.73 Å². The van der Waals surface area contributed by atoms with Gasteiger partial charge in [-0.1, -0.05) is 49.4 Å². The normalized spacial score (nSPS) is 16.7. The Bertz CT molecular complexity index is 686. The van der Waals surface area contributed by atoms with Crippen LogP contribution in [0.5, 0.6) is 0 Å². The molecule has 4 nitrogen and oxygen atoms in total. The van der Waals surface area contributed by atoms with Gasteiger partial charge in [0.1, 0.15) is 0 Å². The van der Waals surface area contributed by atoms with Gasteiger partial charge in [-0.25, -0.2) is 0 Å². The zero-order valence-corrected chi connectivity index (χ0v) is 13.6. The quantitative estimate of drug-likeness (QED) is 0.948. The van der Waals surface area contributed by atoms with Crippen LogP contribution in [-0.4, -0.2) is 26.0 Å². The highest BCUT2D eigenvalue weighted by Gasteiger charge is 2.31. The van der Waals surface area contributed by atoms with Crippen LogP contribution in [0.25, 0.3) is 0 Å². The minimum atomic E-state index is -0.296. The second kappa shape index (κ2) is 6.42. The number of nitrogens with two attached hydrogens (primary N) is 1. The number of likely N-dealkylation sites (N-methyl/N-ethyl adjacent to an activating group) is 1. The molecule has 2 N–H and O–H groups in total. The minimum absolute atomic E-state index is 0.0851. The highest BCUT2D eigenvalue weighted by atomic mass is 16.2. The molecule has 0 aliphatic carbocycles. The van der Waals surface area contributed by atoms with Crippen LogP contribution in [-0.2, 0) is 4.79 Å². The van der Waals surface area contributed by atoms with E-state index in [-0.39, 0.29) is 17.9 Å². The molecule has 0 fully saturated rings. The van der Waals surface area contributed by atoms with Gasteiger partial charge in [0.05, 0.1) is 17.3 Å². The largest absolute Gasteiger partial charge is 0.371 e. The number of para-hydroxylation sites is 2. The van der Waals surface area contributed by atoms with Gasteiger partial charge in [0.25, 0.3) is 0 Å². The van der Waals surface area contributed by atoms with Crippen LogP contribution in [0.2, 0.25) is 0 Å². The van der Waals surface area contributed by atoms with Crippen LogP contribution in [0.15, 0.2) is 54.6 Å². The maximum absolute atomic E-state index is 13.0. The van der Waals surface area contributed by atoms with Crippen LogP contribution in [0, 0.1) is 5.92 Å². The monoisotopic (exact) mass is 309 g/mol. The molecule has 0 saturated heterocycles. The van der Waals surface area contributed by atoms with Crippen molar-refractivity contribution >= 4 is 17.3 Å². The summed E-state index contributed by atoms with van der Waals surface area (Å²) in [5, 5.41) is 0. The van der Waals surface area contributed by atoms with Crippen molar-refractivity contribution in [3.8, 4) is 0 Å². The predicted molar refractivity (Wildman–Crippen MR) is 94.6 cm³/mol. The summed E-state index contributed by atoms with van der Waals surface area (Å²) in [6.07, 6.45) is 0. The first-order valence-electron chi connectivity index (χ1n) is 8.01. The molecular formula is C19H23N3O. The van der Waals surface area contributed by atoms with E-state index in [1.54, 1.807) is 0 Å². The third kappa shape index (κ3) is 2.94. The van der Waals surface area contributed by atoms with Crippen molar-refractivity contribution in [3.63, 3.8) is 0 Å². The molecule has 2 atom stereocenters. The van der Waals surface area contributed by atoms with Gasteiger partial charge >= 0.3 is 0 Å². The van der Waals surface area contributed by atoms with Gasteiger partial charge in [-0.2, -0.15) is 0 Å². The average molecular weight is 309 g/mol. The third-order valence-electron chi connectivity index (χ3n) is 4.62. The summed E-state index contributed by atoms with van der Waals surface area (Å²) in [4.78, 5) is 17.1. The van der Waals surface area contributed by atoms with E-state index in [1.165, 1.54) is 0 Å². The highest BCUT2D eigenvalue weighted by Crippen LogP contribution is 2.33. The highest BCUT2D eigenvalue weighted by molar-refractivity contribution is 5.99. The number of rotatable bonds is 3. The maximum Gasteiger partial charge on any atom is 0.231 e. The summed E-state index contributed by atoms with van der Waals surface area (Å²) in [7, 11) is 2.06. The fraction of sp³-hybridized carbons (Fsp3) is 0.316. The maximum atomic E-state index is 13.0. The molecule has 23 heavy (non-hydrogen) atoms. The molecule has 1 amide bonds. The van der Waals surface area contributed by atoms with Crippen molar-refractivity contribution in [3.05, 3.63) is 60.2 Å². The molecule has 120 valence electrons. The van der Waals surface area contributed by atoms with E-state index in [0.717, 1.165) is 23.5 Å². The van der Waals surface area contributed by atoms with Crippen molar-refractivity contribution in [2.24, 2.45) is 11.7 Å². The topological polar surface area (TPSA) is 49.6 Å². The number of amides is 1. The molecule has 2 unspecified atom stereocenters. The van der Waals surface area contributed by atoms with Gasteiger partial charge in [0.15, 0.2) is 0 Å². The molecule has 2 aromatic rings. The summed E-state index contributed by atoms with van der Waals surface area (Å²) in [5.74, 6) is -0.184. The molecule has 0 saturated carbocycles. The summed E-state index contributed by atoms with van der Waals surface area (Å²) < 4.78 is 0. The molecule has 1 aliphatic rings. The Morgan fingerprint density at radius 1 is 1.00 bits per heavy atom. The summed E-state index contributed by atoms with van der Waals surface area (Å²) in [5.41, 5.74) is 9.39. The van der Waals surface area contributed by atoms with Crippen LogP contribution >= 0.6 is 0 Å². The lowest BCUT2D eigenvalue weighted by atomic mass is 9.93. The van der Waals surface area contributed by atoms with E-state index in [2.05, 4.69) is 18.0 Å². The Balaban J connectivity index is 1.85. The van der Waals surface area contributed by atoms with E-state index in [0.29, 0.717) is 6.54 Å². The van der Waals surface area contributed by atoms with E-state index >= 15 is 0 Å². The number of anilines is 2. The van der Waals surface area contributed by atoms with Crippen molar-refractivity contribution < 1.29 is 4.79 Å². The Kier molecular flexibility index (Phi) is 4.35. The van der Waals surface area contributed by atoms with Gasteiger partial charge in [-0.3, -0.25) is 4.79 Å². The number of carbonyl (C=O) groups excluding carboxylic acids is 1. The smallest absolute Gasteiger partial charge is 0.231 e. The number of nitrogens with zero attached hydrogens (tertiary/aromatic N) is 2. The zero-order chi connectivity index (χ0) is 16.4. The van der Waals surface area contributed by atoms with Crippen LogP contribution in [0.3, 0.4) is 0 Å². The molecule has 1 heterocycles. The molecule has 1 aliphatic heterocycles. The first-order valence-corrected chi connectivity index (χ1v) is 8.01. The van der Waals surface area contributed by atoms with Gasteiger partial charge in [0, 0.05) is 26.2 Å². The van der Waals surface area contributed by atoms with Gasteiger partial charge in [-0.15, -0.1) is 0 Å². The van der Waals surface area contributed by atoms with Crippen LogP contribution in [0.1, 0.15) is 18.5 Å². The fourth-order valence-corrected chi connectivity index (χ4v) is 3.10. The predicted octanol–water partition coefficient (Wildman–Crippen LogP) is 2.81. The second-order valence-electron chi connectivity index (χ2n) is 6.13. The summed E-state index contributed by atoms with van der Waals surface area (Å²) >= 11 is 0. The van der Waals surface area contributed by atoms with Gasteiger partial charge in [-0.05, 0) is 17.7 Å². The van der Waals surface area contributed by atoms with Crippen LogP contribution in [0.4, 0.5) is 11.4 Å². The van der Waals surface area contributed by atoms with Gasteiger partial charge < -0.3 is 15.5 Å². The Morgan fingerprint density at radius 2 is 1.61 bits per heavy atom. The molecule has 0 bridgehead atoms. The first kappa shape index (κ1) is 15.6. The first-order chi connectivity index (χ1) is 11.1. The third-order valence-corrected chi connectivity index (χ3v) is 4.62. The lowest BCUT2D eigenvalue weighted by Gasteiger charge is -2.37. The Morgan fingerprint density at radius 3 is 2.30 bits per heavy atom. The van der Waals surface area contributed by atoms with Crippen molar-refractivity contribution in [1.82, 2.24) is 0 Å². The van der Waals surface area contributed by atoms with Crippen molar-refractivity contribution in [2.75, 3.05) is 29.9 Å². The summed E-state index contributed by atoms with van der Waals surface area (Å²) in [6, 6.07) is 17.6. The van der Waals surface area contributed by atoms with E-state index in [1.807, 2.05) is 60.4 Å². The molecule has 0 aromatic heterocycles. The van der Waals surface area contributed by atoms with Crippen LogP contribution < -0.4 is 15.5 Å². The fourth-order valence-electron chi connectivity index (χ4n) is 3.10. The lowest BCUT2D eigenvalue weighted by molar-refractivity contribution is -0.122. The van der Waals surface area contributed by atoms with Crippen molar-refractivity contribution in [2.45, 2.75) is 13.0 Å². The number of hydrogen-bond acceptors (Lipinski definition) is 3.